The smallest absolute Gasteiger partial charge is 0.143 e. The van der Waals surface area contributed by atoms with Gasteiger partial charge < -0.3 is 69.7 Å². The Bertz CT molecular complexity index is 4790. The number of anilines is 4. The highest BCUT2D eigenvalue weighted by atomic mass is 35.5. The number of Topliss-reactive ketones (excluding diaryl/α,β-unsaturated/α-hetero) is 4. The van der Waals surface area contributed by atoms with Crippen molar-refractivity contribution in [3.63, 3.8) is 0 Å². The second-order valence-corrected chi connectivity index (χ2v) is 38.3. The van der Waals surface area contributed by atoms with E-state index in [2.05, 4.69) is 131 Å². The molecule has 0 unspecified atom stereocenters. The fourth-order valence-corrected chi connectivity index (χ4v) is 19.8. The summed E-state index contributed by atoms with van der Waals surface area (Å²) in [4.78, 5) is 76.3. The summed E-state index contributed by atoms with van der Waals surface area (Å²) < 4.78 is 45.1. The van der Waals surface area contributed by atoms with Crippen molar-refractivity contribution < 1.29 is 52.0 Å². The second-order valence-electron chi connectivity index (χ2n) is 36.7. The number of methoxy groups -OCH3 is 1. The van der Waals surface area contributed by atoms with Gasteiger partial charge in [0.05, 0.1) is 39.9 Å². The molecule has 0 saturated carbocycles. The van der Waals surface area contributed by atoms with E-state index in [0.29, 0.717) is 102 Å². The number of piperidine rings is 3. The molecule has 0 aliphatic carbocycles. The molecule has 4 aromatic carbocycles. The molecule has 22 nitrogen and oxygen atoms in total. The Labute approximate surface area is 801 Å². The standard InChI is InChI=1S/C27H36ClN3O4.C26H33ClFN3O2.2C26H34ClN3O2/c1-33-9-10-35-18-24-12-21(16-30-24)27(32)14-23-13-25(26(28)17-31-23)20-3-2-4-22(11-20)29-15-19-5-7-34-8-6-19;27-25-17-30-23(15-26(32)21-4-2-9-31(18-21)10-8-28)14-24(25)20-3-1-5-22(13-20)29-16-19-6-11-33-12-7-19;2*1-2-30-10-4-6-21(18-30)26(31)15-23-14-24(25(27)17-29-23)20-5-3-7-22(13-20)28-16-19-8-11-32-12-9-19/h2-4,11,13,17,19,21,24,29-30H,5-10,12,14-16,18H2,1H3;1,3,5,13-14,17,19,21,29H,2,4,6-12,15-16,18H2;2*3,5,7,13-14,17,19,21,28H,2,4,6,8-12,15-16,18H2,1H3/t21-,24+;3*21-/m1110/s1. The largest absolute Gasteiger partial charge is 0.385 e. The number of alkyl halides is 1. The van der Waals surface area contributed by atoms with Crippen molar-refractivity contribution in [1.29, 1.82) is 0 Å². The van der Waals surface area contributed by atoms with Crippen LogP contribution in [0.5, 0.6) is 0 Å². The Kier molecular flexibility index (Phi) is 41.6. The number of ketones is 4. The van der Waals surface area contributed by atoms with Crippen LogP contribution in [0.1, 0.15) is 133 Å². The van der Waals surface area contributed by atoms with Crippen LogP contribution < -0.4 is 26.6 Å². The maximum Gasteiger partial charge on any atom is 0.143 e. The van der Waals surface area contributed by atoms with Crippen LogP contribution in [0.25, 0.3) is 44.5 Å². The Morgan fingerprint density at radius 3 is 1.02 bits per heavy atom. The van der Waals surface area contributed by atoms with Crippen LogP contribution in [-0.2, 0) is 73.3 Å². The summed E-state index contributed by atoms with van der Waals surface area (Å²) in [5, 5.41) is 20.0. The van der Waals surface area contributed by atoms with Gasteiger partial charge in [-0.1, -0.05) is 109 Å². The van der Waals surface area contributed by atoms with Crippen molar-refractivity contribution in [3.05, 3.63) is 189 Å². The average molecular weight is 1890 g/mol. The summed E-state index contributed by atoms with van der Waals surface area (Å²) in [5.41, 5.74) is 15.1. The van der Waals surface area contributed by atoms with Crippen molar-refractivity contribution in [2.45, 2.75) is 142 Å². The molecule has 12 heterocycles. The highest BCUT2D eigenvalue weighted by Gasteiger charge is 2.33. The predicted octanol–water partition coefficient (Wildman–Crippen LogP) is 19.2. The van der Waals surface area contributed by atoms with Crippen molar-refractivity contribution in [1.82, 2.24) is 40.0 Å². The third-order valence-corrected chi connectivity index (χ3v) is 28.3. The highest BCUT2D eigenvalue weighted by molar-refractivity contribution is 6.34. The van der Waals surface area contributed by atoms with Crippen molar-refractivity contribution in [2.75, 3.05) is 199 Å². The summed E-state index contributed by atoms with van der Waals surface area (Å²) in [6.45, 7) is 24.8. The minimum absolute atomic E-state index is 0.0235. The van der Waals surface area contributed by atoms with Gasteiger partial charge in [-0.2, -0.15) is 0 Å². The summed E-state index contributed by atoms with van der Waals surface area (Å²) >= 11 is 26.1. The van der Waals surface area contributed by atoms with Gasteiger partial charge >= 0.3 is 0 Å². The van der Waals surface area contributed by atoms with Gasteiger partial charge in [0.25, 0.3) is 0 Å². The normalized spacial score (nSPS) is 20.3. The summed E-state index contributed by atoms with van der Waals surface area (Å²) in [7, 11) is 1.66. The van der Waals surface area contributed by atoms with E-state index in [1.807, 2.05) is 65.6 Å². The first-order chi connectivity index (χ1) is 64.5. The molecule has 8 aromatic rings. The quantitative estimate of drug-likeness (QED) is 0.0227. The average Bonchev–Trinajstić information content (AvgIpc) is 0.969. The van der Waals surface area contributed by atoms with Crippen molar-refractivity contribution >= 4 is 92.3 Å². The molecule has 0 spiro atoms. The summed E-state index contributed by atoms with van der Waals surface area (Å²) in [6.07, 6.45) is 23.5. The molecule has 8 saturated heterocycles. The van der Waals surface area contributed by atoms with Gasteiger partial charge in [0.1, 0.15) is 29.8 Å². The van der Waals surface area contributed by atoms with Crippen LogP contribution >= 0.6 is 46.4 Å². The minimum atomic E-state index is -0.369. The molecule has 16 rings (SSSR count). The number of carbonyl (C=O) groups excluding carboxylic acids is 4. The third-order valence-electron chi connectivity index (χ3n) is 27.1. The van der Waals surface area contributed by atoms with Gasteiger partial charge in [-0.15, -0.1) is 0 Å². The maximum absolute atomic E-state index is 13.0. The van der Waals surface area contributed by atoms with Crippen LogP contribution in [-0.4, -0.2) is 242 Å². The number of hydrogen-bond donors (Lipinski definition) is 5. The number of hydrogen-bond acceptors (Lipinski definition) is 22. The second kappa shape index (κ2) is 54.1. The fourth-order valence-electron chi connectivity index (χ4n) is 18.9. The zero-order chi connectivity index (χ0) is 92.2. The lowest BCUT2D eigenvalue weighted by Crippen LogP contribution is -2.40. The van der Waals surface area contributed by atoms with Crippen molar-refractivity contribution in [3.8, 4) is 44.5 Å². The lowest BCUT2D eigenvalue weighted by molar-refractivity contribution is -0.124. The van der Waals surface area contributed by atoms with E-state index >= 15 is 0 Å². The van der Waals surface area contributed by atoms with Gasteiger partial charge in [-0.05, 0) is 248 Å². The van der Waals surface area contributed by atoms with E-state index in [4.69, 9.17) is 74.8 Å². The molecule has 5 atom stereocenters. The molecule has 8 fully saturated rings. The third kappa shape index (κ3) is 32.1. The van der Waals surface area contributed by atoms with Gasteiger partial charge in [0.15, 0.2) is 0 Å². The molecule has 132 heavy (non-hydrogen) atoms. The first-order valence-corrected chi connectivity index (χ1v) is 49.9. The SMILES string of the molecule is CCN1CCC[C@@H](C(=O)Cc2cc(-c3cccc(NCC4CCOCC4)c3)c(Cl)cn2)C1.CCN1CCC[C@H](C(=O)Cc2cc(-c3cccc(NCC4CCOCC4)c3)c(Cl)cn2)C1.COCCOC[C@@H]1C[C@@H](C(=O)Cc2cc(-c3cccc(NCC4CCOCC4)c3)c(Cl)cn2)CN1.O=C(Cc1cc(-c2cccc(NCC3CCOCC3)c2)c(Cl)cn1)[C@@H]1CCCN(CCF)C1. The number of nitrogens with one attached hydrogen (secondary N) is 5. The number of benzene rings is 4. The van der Waals surface area contributed by atoms with E-state index in [1.54, 1.807) is 31.9 Å². The topological polar surface area (TPSA) is 245 Å². The molecule has 712 valence electrons. The summed E-state index contributed by atoms with van der Waals surface area (Å²) in [6, 6.07) is 41.2. The van der Waals surface area contributed by atoms with Crippen molar-refractivity contribution in [2.24, 2.45) is 47.3 Å². The number of carbonyl (C=O) groups is 4. The van der Waals surface area contributed by atoms with Gasteiger partial charge in [-0.25, -0.2) is 4.39 Å². The van der Waals surface area contributed by atoms with Crippen LogP contribution in [0.4, 0.5) is 27.1 Å². The van der Waals surface area contributed by atoms with Gasteiger partial charge in [0.2, 0.25) is 0 Å². The molecule has 8 aliphatic heterocycles. The number of pyridine rings is 4. The zero-order valence-electron chi connectivity index (χ0n) is 77.5. The Morgan fingerprint density at radius 1 is 0.417 bits per heavy atom. The lowest BCUT2D eigenvalue weighted by Gasteiger charge is -2.31. The molecule has 0 radical (unpaired) electrons. The summed E-state index contributed by atoms with van der Waals surface area (Å²) in [5.74, 6) is 3.66. The molecule has 4 aromatic heterocycles. The molecule has 0 amide bonds. The van der Waals surface area contributed by atoms with E-state index < -0.39 is 0 Å². The number of nitrogens with zero attached hydrogens (tertiary/aromatic N) is 7. The van der Waals surface area contributed by atoms with E-state index in [0.717, 1.165) is 311 Å². The Hall–Kier alpha value is -7.95. The molecule has 5 N–H and O–H groups in total. The molecular formula is C105H137Cl4FN12O10. The van der Waals surface area contributed by atoms with E-state index in [1.165, 1.54) is 0 Å². The van der Waals surface area contributed by atoms with E-state index in [9.17, 15) is 23.6 Å². The monoisotopic (exact) mass is 1880 g/mol. The molecular weight excluding hydrogens is 1750 g/mol. The van der Waals surface area contributed by atoms with Crippen LogP contribution in [0.3, 0.4) is 0 Å². The van der Waals surface area contributed by atoms with Crippen LogP contribution in [0.2, 0.25) is 20.1 Å². The molecule has 27 heteroatoms. The number of ether oxygens (including phenoxy) is 6. The maximum atomic E-state index is 13.0. The predicted molar refractivity (Wildman–Crippen MR) is 529 cm³/mol. The number of halogens is 5. The van der Waals surface area contributed by atoms with Gasteiger partial charge in [0, 0.05) is 267 Å². The lowest BCUT2D eigenvalue weighted by atomic mass is 9.91. The molecule has 0 bridgehead atoms. The van der Waals surface area contributed by atoms with Crippen LogP contribution in [0, 0.1) is 47.3 Å². The Balaban J connectivity index is 0.000000150. The molecule has 8 aliphatic rings. The fraction of sp³-hybridized carbons (Fsp3) is 0.543. The number of rotatable bonds is 37. The van der Waals surface area contributed by atoms with Gasteiger partial charge in [-0.3, -0.25) is 39.1 Å². The first kappa shape index (κ1) is 101. The number of aromatic nitrogens is 4. The van der Waals surface area contributed by atoms with E-state index in [-0.39, 0.29) is 65.9 Å². The number of likely N-dealkylation sites (tertiary alicyclic amines) is 3. The highest BCUT2D eigenvalue weighted by Crippen LogP contribution is 2.37. The van der Waals surface area contributed by atoms with Crippen LogP contribution in [0.15, 0.2) is 146 Å². The zero-order valence-corrected chi connectivity index (χ0v) is 80.5. The Morgan fingerprint density at radius 2 is 0.720 bits per heavy atom. The first-order valence-electron chi connectivity index (χ1n) is 48.4. The minimum Gasteiger partial charge on any atom is -0.385 e.